The van der Waals surface area contributed by atoms with Crippen molar-refractivity contribution >= 4 is 11.8 Å². The molecule has 0 aliphatic rings. The summed E-state index contributed by atoms with van der Waals surface area (Å²) in [5, 5.41) is 9.56. The highest BCUT2D eigenvalue weighted by Gasteiger charge is 2.10. The predicted octanol–water partition coefficient (Wildman–Crippen LogP) is 2.79. The van der Waals surface area contributed by atoms with Gasteiger partial charge in [-0.1, -0.05) is 13.8 Å². The summed E-state index contributed by atoms with van der Waals surface area (Å²) in [7, 11) is 0. The molecule has 84 valence electrons. The lowest BCUT2D eigenvalue weighted by molar-refractivity contribution is 0.412. The number of aryl methyl sites for hydroxylation is 1. The van der Waals surface area contributed by atoms with Crippen LogP contribution in [0.3, 0.4) is 0 Å². The average Bonchev–Trinajstić information content (AvgIpc) is 2.08. The van der Waals surface area contributed by atoms with Crippen LogP contribution in [0.4, 0.5) is 0 Å². The van der Waals surface area contributed by atoms with E-state index in [4.69, 9.17) is 4.42 Å². The summed E-state index contributed by atoms with van der Waals surface area (Å²) in [6, 6.07) is 1.47. The van der Waals surface area contributed by atoms with Gasteiger partial charge in [-0.3, -0.25) is 0 Å². The van der Waals surface area contributed by atoms with E-state index >= 15 is 0 Å². The molecule has 0 aromatic carbocycles. The minimum Gasteiger partial charge on any atom is -0.506 e. The monoisotopic (exact) mass is 228 g/mol. The van der Waals surface area contributed by atoms with Crippen LogP contribution in [0.15, 0.2) is 20.2 Å². The molecule has 4 heteroatoms. The fourth-order valence-corrected chi connectivity index (χ4v) is 2.27. The Hall–Kier alpha value is -0.900. The molecule has 0 fully saturated rings. The van der Waals surface area contributed by atoms with Gasteiger partial charge < -0.3 is 9.52 Å². The first-order valence-electron chi connectivity index (χ1n) is 4.97. The molecule has 1 N–H and O–H groups in total. The van der Waals surface area contributed by atoms with E-state index in [2.05, 4.69) is 13.8 Å². The highest BCUT2D eigenvalue weighted by molar-refractivity contribution is 7.99. The minimum absolute atomic E-state index is 0.0255. The molecule has 0 saturated carbocycles. The van der Waals surface area contributed by atoms with E-state index in [-0.39, 0.29) is 5.75 Å². The zero-order valence-electron chi connectivity index (χ0n) is 9.24. The SMILES string of the molecule is Cc1cc(O)c(SCCC(C)C)c(=O)o1. The number of hydrogen-bond donors (Lipinski definition) is 1. The van der Waals surface area contributed by atoms with Gasteiger partial charge in [0.25, 0.3) is 0 Å². The van der Waals surface area contributed by atoms with Crippen LogP contribution in [-0.2, 0) is 0 Å². The molecular formula is C11H16O3S. The number of rotatable bonds is 4. The summed E-state index contributed by atoms with van der Waals surface area (Å²) >= 11 is 1.35. The lowest BCUT2D eigenvalue weighted by Gasteiger charge is -2.05. The van der Waals surface area contributed by atoms with Crippen molar-refractivity contribution in [1.82, 2.24) is 0 Å². The smallest absolute Gasteiger partial charge is 0.353 e. The molecule has 1 aromatic rings. The first-order valence-corrected chi connectivity index (χ1v) is 5.95. The third-order valence-electron chi connectivity index (χ3n) is 1.95. The summed E-state index contributed by atoms with van der Waals surface area (Å²) in [6.07, 6.45) is 1.01. The Labute approximate surface area is 93.5 Å². The van der Waals surface area contributed by atoms with Crippen molar-refractivity contribution in [2.75, 3.05) is 5.75 Å². The highest BCUT2D eigenvalue weighted by atomic mass is 32.2. The molecule has 15 heavy (non-hydrogen) atoms. The molecule has 0 spiro atoms. The molecule has 0 unspecified atom stereocenters. The average molecular weight is 228 g/mol. The molecule has 0 aliphatic heterocycles. The van der Waals surface area contributed by atoms with Crippen molar-refractivity contribution in [1.29, 1.82) is 0 Å². The second-order valence-electron chi connectivity index (χ2n) is 3.89. The standard InChI is InChI=1S/C11H16O3S/c1-7(2)4-5-15-10-9(12)6-8(3)14-11(10)13/h6-7,12H,4-5H2,1-3H3. The molecule has 3 nitrogen and oxygen atoms in total. The van der Waals surface area contributed by atoms with Crippen LogP contribution in [0.25, 0.3) is 0 Å². The molecule has 1 heterocycles. The van der Waals surface area contributed by atoms with Crippen LogP contribution in [0, 0.1) is 12.8 Å². The molecule has 1 aromatic heterocycles. The number of thioether (sulfide) groups is 1. The Balaban J connectivity index is 2.73. The molecular weight excluding hydrogens is 212 g/mol. The van der Waals surface area contributed by atoms with Crippen molar-refractivity contribution in [3.8, 4) is 5.75 Å². The Kier molecular flexibility index (Phi) is 4.27. The van der Waals surface area contributed by atoms with Gasteiger partial charge >= 0.3 is 5.63 Å². The Bertz CT molecular complexity index is 382. The molecule has 0 aliphatic carbocycles. The lowest BCUT2D eigenvalue weighted by atomic mass is 10.2. The largest absolute Gasteiger partial charge is 0.506 e. The van der Waals surface area contributed by atoms with Crippen LogP contribution in [0.2, 0.25) is 0 Å². The summed E-state index contributed by atoms with van der Waals surface area (Å²) in [4.78, 5) is 11.7. The fourth-order valence-electron chi connectivity index (χ4n) is 1.11. The van der Waals surface area contributed by atoms with E-state index in [1.165, 1.54) is 17.8 Å². The summed E-state index contributed by atoms with van der Waals surface area (Å²) in [5.41, 5.74) is -0.443. The highest BCUT2D eigenvalue weighted by Crippen LogP contribution is 2.26. The normalized spacial score (nSPS) is 10.9. The predicted molar refractivity (Wildman–Crippen MR) is 61.6 cm³/mol. The lowest BCUT2D eigenvalue weighted by Crippen LogP contribution is -2.03. The van der Waals surface area contributed by atoms with Crippen LogP contribution in [-0.4, -0.2) is 10.9 Å². The maximum Gasteiger partial charge on any atom is 0.353 e. The van der Waals surface area contributed by atoms with E-state index in [0.717, 1.165) is 12.2 Å². The van der Waals surface area contributed by atoms with Gasteiger partial charge in [-0.2, -0.15) is 0 Å². The summed E-state index contributed by atoms with van der Waals surface area (Å²) in [5.74, 6) is 1.87. The van der Waals surface area contributed by atoms with E-state index in [1.54, 1.807) is 6.92 Å². The van der Waals surface area contributed by atoms with E-state index in [0.29, 0.717) is 16.6 Å². The van der Waals surface area contributed by atoms with Crippen LogP contribution in [0.5, 0.6) is 5.75 Å². The topological polar surface area (TPSA) is 50.4 Å². The van der Waals surface area contributed by atoms with Gasteiger partial charge in [0.1, 0.15) is 16.4 Å². The van der Waals surface area contributed by atoms with Crippen molar-refractivity contribution < 1.29 is 9.52 Å². The quantitative estimate of drug-likeness (QED) is 0.805. The molecule has 0 atom stereocenters. The van der Waals surface area contributed by atoms with Gasteiger partial charge in [-0.05, 0) is 25.0 Å². The maximum atomic E-state index is 11.4. The van der Waals surface area contributed by atoms with Crippen molar-refractivity contribution in [2.24, 2.45) is 5.92 Å². The molecule has 0 amide bonds. The Morgan fingerprint density at radius 2 is 2.20 bits per heavy atom. The zero-order valence-corrected chi connectivity index (χ0v) is 10.1. The third-order valence-corrected chi connectivity index (χ3v) is 3.06. The summed E-state index contributed by atoms with van der Waals surface area (Å²) < 4.78 is 4.91. The molecule has 0 saturated heterocycles. The zero-order chi connectivity index (χ0) is 11.4. The maximum absolute atomic E-state index is 11.4. The summed E-state index contributed by atoms with van der Waals surface area (Å²) in [6.45, 7) is 5.89. The van der Waals surface area contributed by atoms with Crippen molar-refractivity contribution in [2.45, 2.75) is 32.1 Å². The van der Waals surface area contributed by atoms with Gasteiger partial charge in [0.2, 0.25) is 0 Å². The number of aromatic hydroxyl groups is 1. The Morgan fingerprint density at radius 3 is 2.73 bits per heavy atom. The van der Waals surface area contributed by atoms with Gasteiger partial charge in [0.15, 0.2) is 0 Å². The fraction of sp³-hybridized carbons (Fsp3) is 0.545. The third kappa shape index (κ3) is 3.63. The first kappa shape index (κ1) is 12.2. The van der Waals surface area contributed by atoms with Gasteiger partial charge in [0, 0.05) is 6.07 Å². The molecule has 0 radical (unpaired) electrons. The van der Waals surface area contributed by atoms with Crippen LogP contribution in [0.1, 0.15) is 26.0 Å². The first-order chi connectivity index (χ1) is 7.00. The minimum atomic E-state index is -0.443. The second-order valence-corrected chi connectivity index (χ2v) is 5.00. The van der Waals surface area contributed by atoms with Crippen LogP contribution < -0.4 is 5.63 Å². The van der Waals surface area contributed by atoms with Gasteiger partial charge in [0.05, 0.1) is 0 Å². The van der Waals surface area contributed by atoms with Crippen LogP contribution >= 0.6 is 11.8 Å². The molecule has 0 bridgehead atoms. The molecule has 1 rings (SSSR count). The van der Waals surface area contributed by atoms with Crippen molar-refractivity contribution in [3.05, 3.63) is 22.2 Å². The van der Waals surface area contributed by atoms with Crippen molar-refractivity contribution in [3.63, 3.8) is 0 Å². The van der Waals surface area contributed by atoms with E-state index < -0.39 is 5.63 Å². The second kappa shape index (κ2) is 5.26. The van der Waals surface area contributed by atoms with E-state index in [1.807, 2.05) is 0 Å². The Morgan fingerprint density at radius 1 is 1.53 bits per heavy atom. The van der Waals surface area contributed by atoms with Gasteiger partial charge in [-0.25, -0.2) is 4.79 Å². The number of hydrogen-bond acceptors (Lipinski definition) is 4. The van der Waals surface area contributed by atoms with E-state index in [9.17, 15) is 9.90 Å². The van der Waals surface area contributed by atoms with Gasteiger partial charge in [-0.15, -0.1) is 11.8 Å².